The van der Waals surface area contributed by atoms with E-state index in [1.165, 1.54) is 18.3 Å². The van der Waals surface area contributed by atoms with Crippen molar-refractivity contribution in [1.29, 1.82) is 0 Å². The standard InChI is InChI=1S/C23H30IN4O7S2/c1-4-33-23(30)35-28-20(25)18-13-26-22(36-18)27-21(29)19(24-14(2)34-16-7-5-6-8-16)15-9-11-17(12-10-15)37(3,31)32/h9-14,16,19H,4-8H2,1-3H3,(H2,25,28)(H,26,27,29)/q-1. The number of oxime groups is 1. The molecule has 2 unspecified atom stereocenters. The predicted molar refractivity (Wildman–Crippen MR) is 135 cm³/mol. The maximum atomic E-state index is 13.4. The van der Waals surface area contributed by atoms with E-state index in [1.807, 2.05) is 6.92 Å². The van der Waals surface area contributed by atoms with Gasteiger partial charge in [-0.05, 0) is 6.92 Å². The van der Waals surface area contributed by atoms with Crippen LogP contribution >= 0.6 is 11.3 Å². The number of carbonyl (C=O) groups excluding carboxylic acids is 2. The Hall–Kier alpha value is -2.30. The van der Waals surface area contributed by atoms with Gasteiger partial charge < -0.3 is 0 Å². The molecule has 11 nitrogen and oxygen atoms in total. The zero-order valence-electron chi connectivity index (χ0n) is 20.7. The molecule has 2 aromatic rings. The van der Waals surface area contributed by atoms with Crippen LogP contribution in [0.1, 0.15) is 53.9 Å². The van der Waals surface area contributed by atoms with Crippen molar-refractivity contribution in [3.05, 3.63) is 40.9 Å². The monoisotopic (exact) mass is 665 g/mol. The first kappa shape index (κ1) is 29.3. The van der Waals surface area contributed by atoms with Crippen molar-refractivity contribution < 1.29 is 53.5 Å². The van der Waals surface area contributed by atoms with Crippen LogP contribution in [0, 0.1) is 0 Å². The summed E-state index contributed by atoms with van der Waals surface area (Å²) in [6, 6.07) is 6.37. The van der Waals surface area contributed by atoms with E-state index < -0.39 is 41.1 Å². The Labute approximate surface area is 230 Å². The summed E-state index contributed by atoms with van der Waals surface area (Å²) in [5.41, 5.74) is 6.55. The van der Waals surface area contributed by atoms with Crippen LogP contribution in [0.3, 0.4) is 0 Å². The van der Waals surface area contributed by atoms with E-state index in [-0.39, 0.29) is 33.5 Å². The first-order chi connectivity index (χ1) is 17.6. The van der Waals surface area contributed by atoms with E-state index in [0.29, 0.717) is 15.6 Å². The van der Waals surface area contributed by atoms with Crippen molar-refractivity contribution in [3.63, 3.8) is 0 Å². The van der Waals surface area contributed by atoms with Crippen LogP contribution in [0.25, 0.3) is 0 Å². The van der Waals surface area contributed by atoms with E-state index in [9.17, 15) is 18.0 Å². The third-order valence-corrected chi connectivity index (χ3v) is 10.7. The van der Waals surface area contributed by atoms with Gasteiger partial charge in [0.05, 0.1) is 0 Å². The van der Waals surface area contributed by atoms with Gasteiger partial charge in [-0.2, -0.15) is 0 Å². The molecule has 14 heteroatoms. The third kappa shape index (κ3) is 8.90. The van der Waals surface area contributed by atoms with Crippen molar-refractivity contribution in [3.8, 4) is 0 Å². The van der Waals surface area contributed by atoms with Gasteiger partial charge in [-0.3, -0.25) is 0 Å². The number of halogens is 1. The predicted octanol–water partition coefficient (Wildman–Crippen LogP) is 0.414. The Kier molecular flexibility index (Phi) is 10.7. The first-order valence-corrected chi connectivity index (χ1v) is 16.8. The summed E-state index contributed by atoms with van der Waals surface area (Å²) in [7, 11) is -3.36. The maximum absolute atomic E-state index is 13.4. The third-order valence-electron chi connectivity index (χ3n) is 5.29. The molecule has 2 atom stereocenters. The molecule has 37 heavy (non-hydrogen) atoms. The average molecular weight is 666 g/mol. The van der Waals surface area contributed by atoms with Gasteiger partial charge in [0, 0.05) is 0 Å². The molecule has 1 heterocycles. The van der Waals surface area contributed by atoms with Crippen LogP contribution in [0.2, 0.25) is 0 Å². The van der Waals surface area contributed by atoms with E-state index in [0.717, 1.165) is 43.3 Å². The van der Waals surface area contributed by atoms with Crippen LogP contribution in [0.15, 0.2) is 40.5 Å². The fourth-order valence-corrected chi connectivity index (χ4v) is 7.81. The molecular formula is C23H30IN4O7S2-. The Bertz CT molecular complexity index is 1210. The molecule has 1 aromatic heterocycles. The number of thiazole rings is 1. The second-order valence-corrected chi connectivity index (χ2v) is 15.0. The molecule has 1 fully saturated rings. The van der Waals surface area contributed by atoms with Crippen molar-refractivity contribution >= 4 is 44.2 Å². The van der Waals surface area contributed by atoms with E-state index in [4.69, 9.17) is 10.5 Å². The molecular weight excluding hydrogens is 635 g/mol. The Morgan fingerprint density at radius 2 is 1.95 bits per heavy atom. The zero-order valence-corrected chi connectivity index (χ0v) is 24.5. The van der Waals surface area contributed by atoms with Crippen LogP contribution in [0.4, 0.5) is 9.93 Å². The number of nitrogens with one attached hydrogen (secondary N) is 1. The molecule has 0 bridgehead atoms. The molecule has 0 aliphatic heterocycles. The fourth-order valence-electron chi connectivity index (χ4n) is 3.56. The van der Waals surface area contributed by atoms with E-state index in [2.05, 4.69) is 25.0 Å². The van der Waals surface area contributed by atoms with Crippen molar-refractivity contribution in [2.45, 2.75) is 58.6 Å². The van der Waals surface area contributed by atoms with Gasteiger partial charge in [0.15, 0.2) is 0 Å². The second kappa shape index (κ2) is 13.5. The number of benzene rings is 1. The second-order valence-electron chi connectivity index (χ2n) is 8.19. The normalized spacial score (nSPS) is 16.4. The number of hydrogen-bond donors (Lipinski definition) is 2. The summed E-state index contributed by atoms with van der Waals surface area (Å²) < 4.78 is 34.0. The van der Waals surface area contributed by atoms with Crippen molar-refractivity contribution in [2.75, 3.05) is 18.2 Å². The molecule has 1 amide bonds. The summed E-state index contributed by atoms with van der Waals surface area (Å²) in [5, 5.41) is 6.64. The van der Waals surface area contributed by atoms with Gasteiger partial charge in [0.2, 0.25) is 0 Å². The number of sulfone groups is 1. The number of carbonyl (C=O) groups is 2. The van der Waals surface area contributed by atoms with Gasteiger partial charge in [-0.25, -0.2) is 0 Å². The number of amidine groups is 1. The quantitative estimate of drug-likeness (QED) is 0.0660. The van der Waals surface area contributed by atoms with Gasteiger partial charge in [0.25, 0.3) is 0 Å². The first-order valence-electron chi connectivity index (χ1n) is 11.6. The molecule has 204 valence electrons. The molecule has 1 saturated carbocycles. The summed E-state index contributed by atoms with van der Waals surface area (Å²) in [5.74, 6) is -0.370. The summed E-state index contributed by atoms with van der Waals surface area (Å²) >= 11 is 0.241. The average Bonchev–Trinajstić information content (AvgIpc) is 3.53. The molecule has 0 radical (unpaired) electrons. The summed E-state index contributed by atoms with van der Waals surface area (Å²) in [6.45, 7) is 3.75. The minimum atomic E-state index is -3.36. The number of alkyl halides is 2. The SMILES string of the molecule is CCOC(=O)O/N=C(\N)c1cnc(NC(=O)C([I-]C(C)OC2CCCC2)c2ccc(S(C)(=O)=O)cc2)s1. The zero-order chi connectivity index (χ0) is 27.0. The summed E-state index contributed by atoms with van der Waals surface area (Å²) in [4.78, 5) is 34.0. The van der Waals surface area contributed by atoms with Crippen LogP contribution in [-0.2, 0) is 28.9 Å². The van der Waals surface area contributed by atoms with Crippen molar-refractivity contribution in [1.82, 2.24) is 4.98 Å². The van der Waals surface area contributed by atoms with E-state index >= 15 is 0 Å². The Balaban J connectivity index is 1.74. The van der Waals surface area contributed by atoms with E-state index in [1.54, 1.807) is 19.1 Å². The number of ether oxygens (including phenoxy) is 2. The van der Waals surface area contributed by atoms with Gasteiger partial charge >= 0.3 is 224 Å². The topological polar surface area (TPSA) is 159 Å². The summed E-state index contributed by atoms with van der Waals surface area (Å²) in [6.07, 6.45) is 6.13. The number of anilines is 1. The van der Waals surface area contributed by atoms with Crippen molar-refractivity contribution in [2.24, 2.45) is 10.9 Å². The number of rotatable bonds is 11. The molecule has 0 spiro atoms. The van der Waals surface area contributed by atoms with Gasteiger partial charge in [-0.1, -0.05) is 0 Å². The number of nitrogens with zero attached hydrogens (tertiary/aromatic N) is 2. The van der Waals surface area contributed by atoms with Crippen LogP contribution in [-0.4, -0.2) is 54.4 Å². The van der Waals surface area contributed by atoms with Crippen LogP contribution < -0.4 is 32.3 Å². The molecule has 1 aliphatic rings. The van der Waals surface area contributed by atoms with Crippen LogP contribution in [0.5, 0.6) is 0 Å². The number of amides is 1. The minimum absolute atomic E-state index is 0.0816. The number of aromatic nitrogens is 1. The Morgan fingerprint density at radius 1 is 1.27 bits per heavy atom. The molecule has 1 aromatic carbocycles. The molecule has 3 rings (SSSR count). The number of hydrogen-bond acceptors (Lipinski definition) is 10. The Morgan fingerprint density at radius 3 is 2.57 bits per heavy atom. The molecule has 3 N–H and O–H groups in total. The van der Waals surface area contributed by atoms with Gasteiger partial charge in [-0.15, -0.1) is 0 Å². The number of nitrogens with two attached hydrogens (primary N) is 1. The molecule has 1 aliphatic carbocycles. The molecule has 0 saturated heterocycles. The fraction of sp³-hybridized carbons (Fsp3) is 0.478. The van der Waals surface area contributed by atoms with Gasteiger partial charge in [0.1, 0.15) is 0 Å².